The van der Waals surface area contributed by atoms with Crippen LogP contribution in [0.15, 0.2) is 90.4 Å². The first-order chi connectivity index (χ1) is 17.5. The molecule has 0 aliphatic carbocycles. The van der Waals surface area contributed by atoms with E-state index in [0.29, 0.717) is 35.3 Å². The fourth-order valence-corrected chi connectivity index (χ4v) is 4.35. The van der Waals surface area contributed by atoms with Crippen LogP contribution in [0, 0.1) is 6.92 Å². The first-order valence-electron chi connectivity index (χ1n) is 11.6. The third kappa shape index (κ3) is 4.65. The third-order valence-corrected chi connectivity index (χ3v) is 6.08. The number of fused-ring (bicyclic) bond motifs is 1. The Bertz CT molecular complexity index is 1430. The summed E-state index contributed by atoms with van der Waals surface area (Å²) in [5, 5.41) is 10.6. The molecule has 2 N–H and O–H groups in total. The van der Waals surface area contributed by atoms with Gasteiger partial charge in [-0.2, -0.15) is 10.1 Å². The summed E-state index contributed by atoms with van der Waals surface area (Å²) in [7, 11) is 1.57. The van der Waals surface area contributed by atoms with Crippen molar-refractivity contribution < 1.29 is 14.3 Å². The van der Waals surface area contributed by atoms with E-state index in [9.17, 15) is 4.79 Å². The van der Waals surface area contributed by atoms with Crippen LogP contribution in [-0.4, -0.2) is 27.8 Å². The number of hydrogen-bond acceptors (Lipinski definition) is 6. The number of carbonyl (C=O) groups is 1. The molecule has 8 heteroatoms. The number of anilines is 2. The van der Waals surface area contributed by atoms with E-state index < -0.39 is 6.04 Å². The molecule has 4 aromatic rings. The van der Waals surface area contributed by atoms with Gasteiger partial charge in [-0.15, -0.1) is 0 Å². The standard InChI is InChI=1S/C28H27N5O3/c1-18-7-6-8-20(15-18)16-36-22-13-11-21(12-14-22)26-25(19(2)31-28-29-17-30-33(26)28)27(34)32-23-9-4-5-10-24(23)35-3/h4-15,17,26H,16H2,1-3H3,(H,32,34)(H,29,30,31). The topological polar surface area (TPSA) is 90.3 Å². The molecular formula is C28H27N5O3. The second-order valence-corrected chi connectivity index (χ2v) is 8.60. The minimum absolute atomic E-state index is 0.254. The Labute approximate surface area is 209 Å². The van der Waals surface area contributed by atoms with Gasteiger partial charge in [-0.1, -0.05) is 54.1 Å². The van der Waals surface area contributed by atoms with Crippen LogP contribution >= 0.6 is 0 Å². The maximum Gasteiger partial charge on any atom is 0.255 e. The van der Waals surface area contributed by atoms with Crippen LogP contribution < -0.4 is 20.1 Å². The summed E-state index contributed by atoms with van der Waals surface area (Å²) in [5.41, 5.74) is 5.02. The van der Waals surface area contributed by atoms with Gasteiger partial charge in [0, 0.05) is 5.70 Å². The second-order valence-electron chi connectivity index (χ2n) is 8.60. The van der Waals surface area contributed by atoms with Crippen molar-refractivity contribution >= 4 is 17.5 Å². The second kappa shape index (κ2) is 9.95. The number of nitrogens with one attached hydrogen (secondary N) is 2. The molecule has 0 saturated heterocycles. The summed E-state index contributed by atoms with van der Waals surface area (Å²) in [6.07, 6.45) is 1.48. The fourth-order valence-electron chi connectivity index (χ4n) is 4.35. The van der Waals surface area contributed by atoms with E-state index in [1.807, 2.05) is 55.5 Å². The lowest BCUT2D eigenvalue weighted by molar-refractivity contribution is -0.113. The molecule has 0 fully saturated rings. The largest absolute Gasteiger partial charge is 0.495 e. The number of aromatic nitrogens is 3. The van der Waals surface area contributed by atoms with Crippen molar-refractivity contribution in [1.82, 2.24) is 14.8 Å². The Morgan fingerprint density at radius 1 is 1.06 bits per heavy atom. The predicted octanol–water partition coefficient (Wildman–Crippen LogP) is 5.10. The van der Waals surface area contributed by atoms with Gasteiger partial charge in [-0.05, 0) is 49.2 Å². The molecule has 5 rings (SSSR count). The monoisotopic (exact) mass is 481 g/mol. The molecule has 1 aliphatic heterocycles. The van der Waals surface area contributed by atoms with Gasteiger partial charge in [0.25, 0.3) is 5.91 Å². The average molecular weight is 482 g/mol. The average Bonchev–Trinajstić information content (AvgIpc) is 3.35. The van der Waals surface area contributed by atoms with Crippen LogP contribution in [0.2, 0.25) is 0 Å². The molecule has 0 bridgehead atoms. The van der Waals surface area contributed by atoms with Crippen molar-refractivity contribution in [2.45, 2.75) is 26.5 Å². The quantitative estimate of drug-likeness (QED) is 0.382. The molecule has 1 aliphatic rings. The minimum atomic E-state index is -0.468. The summed E-state index contributed by atoms with van der Waals surface area (Å²) in [6, 6.07) is 22.8. The molecule has 0 radical (unpaired) electrons. The lowest BCUT2D eigenvalue weighted by Crippen LogP contribution is -2.31. The minimum Gasteiger partial charge on any atom is -0.495 e. The highest BCUT2D eigenvalue weighted by atomic mass is 16.5. The number of rotatable bonds is 7. The summed E-state index contributed by atoms with van der Waals surface area (Å²) >= 11 is 0. The Kier molecular flexibility index (Phi) is 6.40. The van der Waals surface area contributed by atoms with Gasteiger partial charge in [-0.25, -0.2) is 4.68 Å². The maximum atomic E-state index is 13.6. The van der Waals surface area contributed by atoms with Crippen molar-refractivity contribution in [3.63, 3.8) is 0 Å². The van der Waals surface area contributed by atoms with Gasteiger partial charge in [-0.3, -0.25) is 4.79 Å². The lowest BCUT2D eigenvalue weighted by Gasteiger charge is -2.29. The predicted molar refractivity (Wildman–Crippen MR) is 138 cm³/mol. The SMILES string of the molecule is COc1ccccc1NC(=O)C1=C(C)Nc2ncnn2C1c1ccc(OCc2cccc(C)c2)cc1. The van der Waals surface area contributed by atoms with E-state index in [4.69, 9.17) is 9.47 Å². The highest BCUT2D eigenvalue weighted by molar-refractivity contribution is 6.06. The highest BCUT2D eigenvalue weighted by Gasteiger charge is 2.33. The van der Waals surface area contributed by atoms with Crippen molar-refractivity contribution in [3.8, 4) is 11.5 Å². The molecule has 1 aromatic heterocycles. The molecule has 3 aromatic carbocycles. The molecule has 36 heavy (non-hydrogen) atoms. The van der Waals surface area contributed by atoms with Crippen LogP contribution in [0.1, 0.15) is 29.7 Å². The van der Waals surface area contributed by atoms with Gasteiger partial charge in [0.05, 0.1) is 18.4 Å². The number of allylic oxidation sites excluding steroid dienone is 1. The first-order valence-corrected chi connectivity index (χ1v) is 11.6. The van der Waals surface area contributed by atoms with Gasteiger partial charge in [0.1, 0.15) is 30.5 Å². The third-order valence-electron chi connectivity index (χ3n) is 6.08. The van der Waals surface area contributed by atoms with Crippen molar-refractivity contribution in [2.75, 3.05) is 17.7 Å². The Morgan fingerprint density at radius 2 is 1.86 bits per heavy atom. The summed E-state index contributed by atoms with van der Waals surface area (Å²) in [6.45, 7) is 4.40. The summed E-state index contributed by atoms with van der Waals surface area (Å²) in [4.78, 5) is 17.9. The molecule has 1 amide bonds. The zero-order chi connectivity index (χ0) is 25.1. The number of carbonyl (C=O) groups excluding carboxylic acids is 1. The smallest absolute Gasteiger partial charge is 0.255 e. The Morgan fingerprint density at radius 3 is 2.64 bits per heavy atom. The first kappa shape index (κ1) is 23.2. The van der Waals surface area contributed by atoms with E-state index in [1.54, 1.807) is 23.9 Å². The fraction of sp³-hybridized carbons (Fsp3) is 0.179. The number of ether oxygens (including phenoxy) is 2. The van der Waals surface area contributed by atoms with Crippen molar-refractivity contribution in [1.29, 1.82) is 0 Å². The normalized spacial score (nSPS) is 14.6. The molecule has 0 spiro atoms. The highest BCUT2D eigenvalue weighted by Crippen LogP contribution is 2.36. The zero-order valence-corrected chi connectivity index (χ0v) is 20.4. The Hall–Kier alpha value is -4.59. The molecular weight excluding hydrogens is 454 g/mol. The number of amides is 1. The number of nitrogens with zero attached hydrogens (tertiary/aromatic N) is 3. The van der Waals surface area contributed by atoms with E-state index in [0.717, 1.165) is 16.9 Å². The van der Waals surface area contributed by atoms with Crippen LogP contribution in [0.4, 0.5) is 11.6 Å². The number of hydrogen-bond donors (Lipinski definition) is 2. The van der Waals surface area contributed by atoms with Crippen molar-refractivity contribution in [3.05, 3.63) is 107 Å². The van der Waals surface area contributed by atoms with E-state index >= 15 is 0 Å². The number of aryl methyl sites for hydroxylation is 1. The van der Waals surface area contributed by atoms with E-state index in [-0.39, 0.29) is 5.91 Å². The molecule has 182 valence electrons. The van der Waals surface area contributed by atoms with Crippen LogP contribution in [0.3, 0.4) is 0 Å². The number of benzene rings is 3. The van der Waals surface area contributed by atoms with Gasteiger partial charge < -0.3 is 20.1 Å². The number of para-hydroxylation sites is 2. The molecule has 1 atom stereocenters. The molecule has 0 saturated carbocycles. The van der Waals surface area contributed by atoms with Gasteiger partial charge >= 0.3 is 0 Å². The summed E-state index contributed by atoms with van der Waals surface area (Å²) < 4.78 is 13.1. The Balaban J connectivity index is 1.42. The van der Waals surface area contributed by atoms with E-state index in [1.165, 1.54) is 11.9 Å². The zero-order valence-electron chi connectivity index (χ0n) is 20.4. The molecule has 2 heterocycles. The van der Waals surface area contributed by atoms with Gasteiger partial charge in [0.2, 0.25) is 5.95 Å². The molecule has 1 unspecified atom stereocenters. The van der Waals surface area contributed by atoms with Crippen molar-refractivity contribution in [2.24, 2.45) is 0 Å². The van der Waals surface area contributed by atoms with Crippen LogP contribution in [0.25, 0.3) is 0 Å². The lowest BCUT2D eigenvalue weighted by atomic mass is 9.95. The molecule has 8 nitrogen and oxygen atoms in total. The maximum absolute atomic E-state index is 13.6. The summed E-state index contributed by atoms with van der Waals surface area (Å²) in [5.74, 6) is 1.65. The van der Waals surface area contributed by atoms with Crippen LogP contribution in [0.5, 0.6) is 11.5 Å². The van der Waals surface area contributed by atoms with E-state index in [2.05, 4.69) is 39.8 Å². The number of methoxy groups -OCH3 is 1. The van der Waals surface area contributed by atoms with Crippen LogP contribution in [-0.2, 0) is 11.4 Å². The van der Waals surface area contributed by atoms with Gasteiger partial charge in [0.15, 0.2) is 0 Å².